The van der Waals surface area contributed by atoms with E-state index in [-0.39, 0.29) is 5.91 Å². The third-order valence-electron chi connectivity index (χ3n) is 4.97. The second kappa shape index (κ2) is 9.33. The monoisotopic (exact) mass is 387 g/mol. The van der Waals surface area contributed by atoms with Crippen molar-refractivity contribution in [2.24, 2.45) is 0 Å². The van der Waals surface area contributed by atoms with E-state index in [0.717, 1.165) is 47.0 Å². The van der Waals surface area contributed by atoms with Gasteiger partial charge in [0.1, 0.15) is 15.6 Å². The van der Waals surface area contributed by atoms with Gasteiger partial charge in [-0.05, 0) is 71.3 Å². The molecule has 0 atom stereocenters. The van der Waals surface area contributed by atoms with Crippen LogP contribution in [0.3, 0.4) is 0 Å². The summed E-state index contributed by atoms with van der Waals surface area (Å²) >= 11 is 1.43. The Hall–Kier alpha value is -1.92. The van der Waals surface area contributed by atoms with Gasteiger partial charge in [0.05, 0.1) is 18.4 Å². The lowest BCUT2D eigenvalue weighted by molar-refractivity contribution is 0.0956. The number of methoxy groups -OCH3 is 1. The van der Waals surface area contributed by atoms with Crippen molar-refractivity contribution in [3.63, 3.8) is 0 Å². The Morgan fingerprint density at radius 1 is 1.26 bits per heavy atom. The van der Waals surface area contributed by atoms with Gasteiger partial charge in [-0.2, -0.15) is 0 Å². The summed E-state index contributed by atoms with van der Waals surface area (Å²) in [4.78, 5) is 20.4. The van der Waals surface area contributed by atoms with Gasteiger partial charge in [0.25, 0.3) is 5.91 Å². The first kappa shape index (κ1) is 19.8. The Kier molecular flexibility index (Phi) is 6.85. The number of amides is 1. The molecule has 2 heterocycles. The molecule has 1 amide bonds. The van der Waals surface area contributed by atoms with Gasteiger partial charge in [-0.1, -0.05) is 11.6 Å². The number of nitrogens with zero attached hydrogens (tertiary/aromatic N) is 2. The van der Waals surface area contributed by atoms with Crippen LogP contribution in [0.4, 0.5) is 0 Å². The number of rotatable bonds is 8. The average Bonchev–Trinajstić information content (AvgIpc) is 3.31. The SMILES string of the molecule is COc1ccc(C)cc1-c1nc(C)c(C(=O)NCCCCN2CCCC2)s1. The Morgan fingerprint density at radius 3 is 2.78 bits per heavy atom. The van der Waals surface area contributed by atoms with Crippen molar-refractivity contribution in [3.05, 3.63) is 34.3 Å². The molecular formula is C21H29N3O2S. The van der Waals surface area contributed by atoms with Crippen LogP contribution in [-0.2, 0) is 0 Å². The van der Waals surface area contributed by atoms with Crippen molar-refractivity contribution in [2.75, 3.05) is 33.3 Å². The highest BCUT2D eigenvalue weighted by Gasteiger charge is 2.18. The molecule has 1 fully saturated rings. The van der Waals surface area contributed by atoms with Crippen LogP contribution in [0.1, 0.15) is 46.6 Å². The summed E-state index contributed by atoms with van der Waals surface area (Å²) in [6.45, 7) is 8.26. The zero-order valence-electron chi connectivity index (χ0n) is 16.5. The van der Waals surface area contributed by atoms with Crippen LogP contribution in [0.15, 0.2) is 18.2 Å². The fraction of sp³-hybridized carbons (Fsp3) is 0.524. The summed E-state index contributed by atoms with van der Waals surface area (Å²) in [7, 11) is 1.66. The molecule has 0 unspecified atom stereocenters. The largest absolute Gasteiger partial charge is 0.496 e. The highest BCUT2D eigenvalue weighted by molar-refractivity contribution is 7.17. The number of carbonyl (C=O) groups excluding carboxylic acids is 1. The fourth-order valence-electron chi connectivity index (χ4n) is 3.46. The second-order valence-corrected chi connectivity index (χ2v) is 8.15. The lowest BCUT2D eigenvalue weighted by Gasteiger charge is -2.13. The molecule has 2 aromatic rings. The van der Waals surface area contributed by atoms with Crippen LogP contribution < -0.4 is 10.1 Å². The van der Waals surface area contributed by atoms with Crippen LogP contribution in [-0.4, -0.2) is 49.1 Å². The number of ether oxygens (including phenoxy) is 1. The van der Waals surface area contributed by atoms with E-state index in [0.29, 0.717) is 11.4 Å². The topological polar surface area (TPSA) is 54.5 Å². The van der Waals surface area contributed by atoms with E-state index >= 15 is 0 Å². The minimum absolute atomic E-state index is 0.0240. The van der Waals surface area contributed by atoms with Gasteiger partial charge >= 0.3 is 0 Å². The van der Waals surface area contributed by atoms with Gasteiger partial charge in [-0.25, -0.2) is 4.98 Å². The van der Waals surface area contributed by atoms with E-state index in [1.54, 1.807) is 7.11 Å². The van der Waals surface area contributed by atoms with Crippen LogP contribution >= 0.6 is 11.3 Å². The number of benzene rings is 1. The number of hydrogen-bond acceptors (Lipinski definition) is 5. The maximum Gasteiger partial charge on any atom is 0.263 e. The summed E-state index contributed by atoms with van der Waals surface area (Å²) in [5, 5.41) is 3.88. The highest BCUT2D eigenvalue weighted by atomic mass is 32.1. The van der Waals surface area contributed by atoms with E-state index < -0.39 is 0 Å². The zero-order valence-corrected chi connectivity index (χ0v) is 17.3. The van der Waals surface area contributed by atoms with Gasteiger partial charge in [-0.3, -0.25) is 4.79 Å². The van der Waals surface area contributed by atoms with E-state index in [1.165, 1.54) is 37.3 Å². The summed E-state index contributed by atoms with van der Waals surface area (Å²) in [6.07, 6.45) is 4.80. The maximum atomic E-state index is 12.6. The van der Waals surface area contributed by atoms with Crippen molar-refractivity contribution in [1.82, 2.24) is 15.2 Å². The van der Waals surface area contributed by atoms with Gasteiger partial charge in [0.2, 0.25) is 0 Å². The van der Waals surface area contributed by atoms with Crippen molar-refractivity contribution >= 4 is 17.2 Å². The first-order chi connectivity index (χ1) is 13.1. The van der Waals surface area contributed by atoms with Crippen LogP contribution in [0.25, 0.3) is 10.6 Å². The van der Waals surface area contributed by atoms with Crippen molar-refractivity contribution in [2.45, 2.75) is 39.5 Å². The summed E-state index contributed by atoms with van der Waals surface area (Å²) in [5.41, 5.74) is 2.85. The van der Waals surface area contributed by atoms with E-state index in [2.05, 4.69) is 21.3 Å². The molecule has 5 nitrogen and oxygen atoms in total. The minimum atomic E-state index is -0.0240. The van der Waals surface area contributed by atoms with Gasteiger partial charge in [0, 0.05) is 6.54 Å². The lowest BCUT2D eigenvalue weighted by atomic mass is 10.1. The molecule has 0 spiro atoms. The Balaban J connectivity index is 1.57. The number of carbonyl (C=O) groups is 1. The van der Waals surface area contributed by atoms with Crippen LogP contribution in [0.2, 0.25) is 0 Å². The highest BCUT2D eigenvalue weighted by Crippen LogP contribution is 2.35. The standard InChI is InChI=1S/C21H29N3O2S/c1-15-8-9-18(26-3)17(14-15)21-23-16(2)19(27-21)20(25)22-10-4-5-11-24-12-6-7-13-24/h8-9,14H,4-7,10-13H2,1-3H3,(H,22,25). The molecule has 1 N–H and O–H groups in total. The first-order valence-electron chi connectivity index (χ1n) is 9.71. The number of thiazole rings is 1. The molecule has 1 aromatic carbocycles. The minimum Gasteiger partial charge on any atom is -0.496 e. The van der Waals surface area contributed by atoms with Crippen molar-refractivity contribution in [3.8, 4) is 16.3 Å². The average molecular weight is 388 g/mol. The molecule has 1 aromatic heterocycles. The molecule has 1 saturated heterocycles. The molecule has 27 heavy (non-hydrogen) atoms. The number of aromatic nitrogens is 1. The number of aryl methyl sites for hydroxylation is 2. The lowest BCUT2D eigenvalue weighted by Crippen LogP contribution is -2.26. The molecule has 0 bridgehead atoms. The van der Waals surface area contributed by atoms with Crippen molar-refractivity contribution in [1.29, 1.82) is 0 Å². The molecule has 1 aliphatic rings. The third kappa shape index (κ3) is 5.08. The molecule has 6 heteroatoms. The molecule has 0 saturated carbocycles. The Bertz CT molecular complexity index is 782. The van der Waals surface area contributed by atoms with Gasteiger partial charge in [-0.15, -0.1) is 11.3 Å². The van der Waals surface area contributed by atoms with Crippen LogP contribution in [0.5, 0.6) is 5.75 Å². The normalized spacial score (nSPS) is 14.5. The maximum absolute atomic E-state index is 12.6. The molecule has 1 aliphatic heterocycles. The smallest absolute Gasteiger partial charge is 0.263 e. The first-order valence-corrected chi connectivity index (χ1v) is 10.5. The van der Waals surface area contributed by atoms with Crippen molar-refractivity contribution < 1.29 is 9.53 Å². The fourth-order valence-corrected chi connectivity index (χ4v) is 4.46. The number of unbranched alkanes of at least 4 members (excludes halogenated alkanes) is 1. The third-order valence-corrected chi connectivity index (χ3v) is 6.16. The Labute approximate surface area is 165 Å². The molecule has 3 rings (SSSR count). The van der Waals surface area contributed by atoms with E-state index in [4.69, 9.17) is 4.74 Å². The molecule has 0 radical (unpaired) electrons. The molecule has 146 valence electrons. The molecular weight excluding hydrogens is 358 g/mol. The van der Waals surface area contributed by atoms with E-state index in [9.17, 15) is 4.79 Å². The van der Waals surface area contributed by atoms with Crippen LogP contribution in [0, 0.1) is 13.8 Å². The predicted molar refractivity (Wildman–Crippen MR) is 111 cm³/mol. The second-order valence-electron chi connectivity index (χ2n) is 7.15. The summed E-state index contributed by atoms with van der Waals surface area (Å²) < 4.78 is 5.46. The summed E-state index contributed by atoms with van der Waals surface area (Å²) in [5.74, 6) is 0.757. The van der Waals surface area contributed by atoms with Gasteiger partial charge in [0.15, 0.2) is 0 Å². The van der Waals surface area contributed by atoms with Gasteiger partial charge < -0.3 is 15.0 Å². The number of nitrogens with one attached hydrogen (secondary N) is 1. The molecule has 0 aliphatic carbocycles. The number of hydrogen-bond donors (Lipinski definition) is 1. The number of likely N-dealkylation sites (tertiary alicyclic amines) is 1. The zero-order chi connectivity index (χ0) is 19.2. The quantitative estimate of drug-likeness (QED) is 0.695. The Morgan fingerprint density at radius 2 is 2.04 bits per heavy atom. The van der Waals surface area contributed by atoms with E-state index in [1.807, 2.05) is 26.0 Å². The summed E-state index contributed by atoms with van der Waals surface area (Å²) in [6, 6.07) is 6.01. The predicted octanol–water partition coefficient (Wildman–Crippen LogP) is 4.04.